The second-order valence-corrected chi connectivity index (χ2v) is 8.49. The Morgan fingerprint density at radius 3 is 2.44 bits per heavy atom. The highest BCUT2D eigenvalue weighted by atomic mass is 35.5. The SMILES string of the molecule is Cc1cc(C(F)(F)F)cc2c1cc(Cc1c(Cl)ccc(OC3CCC3)c1Cl)n2C.O=CO. The number of carbonyl (C=O) groups is 1. The fourth-order valence-electron chi connectivity index (χ4n) is 3.67. The number of hydrogen-bond acceptors (Lipinski definition) is 2. The first-order valence-electron chi connectivity index (χ1n) is 9.94. The first-order chi connectivity index (χ1) is 15.1. The molecule has 0 amide bonds. The lowest BCUT2D eigenvalue weighted by Crippen LogP contribution is -2.24. The molecule has 0 aliphatic heterocycles. The van der Waals surface area contributed by atoms with Gasteiger partial charge in [-0.2, -0.15) is 13.2 Å². The van der Waals surface area contributed by atoms with E-state index in [2.05, 4.69) is 0 Å². The summed E-state index contributed by atoms with van der Waals surface area (Å²) in [5, 5.41) is 8.64. The van der Waals surface area contributed by atoms with Gasteiger partial charge in [-0.3, -0.25) is 4.79 Å². The minimum Gasteiger partial charge on any atom is -0.489 e. The standard InChI is InChI=1S/C22H20Cl2F3NO.CH2O2/c1-12-8-13(22(25,26)27)9-19-16(12)10-14(28(19)2)11-17-18(23)6-7-20(21(17)24)29-15-4-3-5-15;2-1-3/h6-10,15H,3-5,11H2,1-2H3;1H,(H,2,3). The van der Waals surface area contributed by atoms with Crippen LogP contribution in [0.3, 0.4) is 0 Å². The largest absolute Gasteiger partial charge is 0.489 e. The van der Waals surface area contributed by atoms with Crippen molar-refractivity contribution in [2.45, 2.75) is 44.9 Å². The lowest BCUT2D eigenvalue weighted by Gasteiger charge is -2.27. The quantitative estimate of drug-likeness (QED) is 0.401. The minimum absolute atomic E-state index is 0.183. The number of fused-ring (bicyclic) bond motifs is 1. The Labute approximate surface area is 193 Å². The zero-order valence-corrected chi connectivity index (χ0v) is 19.0. The number of aryl methyl sites for hydroxylation is 2. The van der Waals surface area contributed by atoms with Gasteiger partial charge in [-0.15, -0.1) is 0 Å². The van der Waals surface area contributed by atoms with Crippen LogP contribution in [0.1, 0.15) is 41.6 Å². The summed E-state index contributed by atoms with van der Waals surface area (Å²) in [5.74, 6) is 0.602. The predicted octanol–water partition coefficient (Wildman–Crippen LogP) is 7.04. The summed E-state index contributed by atoms with van der Waals surface area (Å²) in [6.45, 7) is 1.44. The van der Waals surface area contributed by atoms with E-state index in [1.54, 1.807) is 30.7 Å². The van der Waals surface area contributed by atoms with E-state index in [0.29, 0.717) is 38.9 Å². The lowest BCUT2D eigenvalue weighted by molar-refractivity contribution is -0.137. The molecule has 172 valence electrons. The highest BCUT2D eigenvalue weighted by Gasteiger charge is 2.31. The van der Waals surface area contributed by atoms with Crippen molar-refractivity contribution in [2.75, 3.05) is 0 Å². The normalized spacial score (nSPS) is 14.0. The molecule has 9 heteroatoms. The van der Waals surface area contributed by atoms with Gasteiger partial charge in [0.2, 0.25) is 0 Å². The highest BCUT2D eigenvalue weighted by Crippen LogP contribution is 2.39. The summed E-state index contributed by atoms with van der Waals surface area (Å²) < 4.78 is 47.4. The zero-order chi connectivity index (χ0) is 23.6. The van der Waals surface area contributed by atoms with Crippen molar-refractivity contribution in [2.24, 2.45) is 7.05 Å². The van der Waals surface area contributed by atoms with Gasteiger partial charge in [0.15, 0.2) is 0 Å². The van der Waals surface area contributed by atoms with Crippen LogP contribution >= 0.6 is 23.2 Å². The number of carboxylic acid groups (broad SMARTS) is 1. The number of hydrogen-bond donors (Lipinski definition) is 1. The number of rotatable bonds is 4. The molecule has 0 radical (unpaired) electrons. The van der Waals surface area contributed by atoms with E-state index >= 15 is 0 Å². The van der Waals surface area contributed by atoms with E-state index in [0.717, 1.165) is 30.3 Å². The van der Waals surface area contributed by atoms with Gasteiger partial charge in [0.1, 0.15) is 5.75 Å². The summed E-state index contributed by atoms with van der Waals surface area (Å²) in [6, 6.07) is 7.79. The van der Waals surface area contributed by atoms with Gasteiger partial charge in [0.05, 0.1) is 16.7 Å². The Kier molecular flexibility index (Phi) is 7.30. The number of benzene rings is 2. The molecular weight excluding hydrogens is 466 g/mol. The smallest absolute Gasteiger partial charge is 0.416 e. The number of nitrogens with zero attached hydrogens (tertiary/aromatic N) is 1. The summed E-state index contributed by atoms with van der Waals surface area (Å²) in [5.41, 5.74) is 2.00. The molecule has 1 saturated carbocycles. The maximum Gasteiger partial charge on any atom is 0.416 e. The van der Waals surface area contributed by atoms with Crippen LogP contribution < -0.4 is 4.74 Å². The molecule has 0 spiro atoms. The fraction of sp³-hybridized carbons (Fsp3) is 0.348. The van der Waals surface area contributed by atoms with Crippen LogP contribution in [0.4, 0.5) is 13.2 Å². The van der Waals surface area contributed by atoms with E-state index < -0.39 is 11.7 Å². The zero-order valence-electron chi connectivity index (χ0n) is 17.5. The van der Waals surface area contributed by atoms with Crippen LogP contribution in [0.25, 0.3) is 10.9 Å². The lowest BCUT2D eigenvalue weighted by atomic mass is 9.96. The van der Waals surface area contributed by atoms with Crippen LogP contribution in [0.2, 0.25) is 10.0 Å². The molecule has 1 N–H and O–H groups in total. The van der Waals surface area contributed by atoms with Crippen LogP contribution in [0.15, 0.2) is 30.3 Å². The van der Waals surface area contributed by atoms with Crippen molar-refractivity contribution in [3.8, 4) is 5.75 Å². The molecule has 1 fully saturated rings. The Bertz CT molecular complexity index is 1140. The van der Waals surface area contributed by atoms with E-state index in [9.17, 15) is 13.2 Å². The molecule has 0 saturated heterocycles. The van der Waals surface area contributed by atoms with Gasteiger partial charge in [0, 0.05) is 35.1 Å². The monoisotopic (exact) mass is 487 g/mol. The second kappa shape index (κ2) is 9.63. The third-order valence-corrected chi connectivity index (χ3v) is 6.42. The van der Waals surface area contributed by atoms with Crippen LogP contribution in [0, 0.1) is 6.92 Å². The maximum absolute atomic E-state index is 13.2. The van der Waals surface area contributed by atoms with Crippen LogP contribution in [0.5, 0.6) is 5.75 Å². The Morgan fingerprint density at radius 2 is 1.88 bits per heavy atom. The molecule has 1 heterocycles. The van der Waals surface area contributed by atoms with Crippen molar-refractivity contribution in [3.63, 3.8) is 0 Å². The maximum atomic E-state index is 13.2. The van der Waals surface area contributed by atoms with E-state index in [1.807, 2.05) is 6.07 Å². The molecule has 3 aromatic rings. The summed E-state index contributed by atoms with van der Waals surface area (Å²) in [4.78, 5) is 8.36. The van der Waals surface area contributed by atoms with E-state index in [-0.39, 0.29) is 12.6 Å². The first kappa shape index (κ1) is 24.3. The minimum atomic E-state index is -4.39. The third-order valence-electron chi connectivity index (χ3n) is 5.65. The summed E-state index contributed by atoms with van der Waals surface area (Å²) in [6.07, 6.45) is -0.633. The Hall–Kier alpha value is -2.38. The number of halogens is 5. The molecule has 1 aliphatic rings. The molecule has 32 heavy (non-hydrogen) atoms. The average Bonchev–Trinajstić information content (AvgIpc) is 2.99. The predicted molar refractivity (Wildman–Crippen MR) is 119 cm³/mol. The number of alkyl halides is 3. The van der Waals surface area contributed by atoms with Crippen LogP contribution in [-0.4, -0.2) is 22.2 Å². The van der Waals surface area contributed by atoms with Gasteiger partial charge < -0.3 is 14.4 Å². The topological polar surface area (TPSA) is 51.5 Å². The molecule has 0 atom stereocenters. The second-order valence-electron chi connectivity index (χ2n) is 7.71. The Balaban J connectivity index is 0.000000913. The van der Waals surface area contributed by atoms with Crippen molar-refractivity contribution in [1.82, 2.24) is 4.57 Å². The first-order valence-corrected chi connectivity index (χ1v) is 10.7. The van der Waals surface area contributed by atoms with Gasteiger partial charge in [-0.05, 0) is 67.6 Å². The van der Waals surface area contributed by atoms with Crippen LogP contribution in [-0.2, 0) is 24.4 Å². The third kappa shape index (κ3) is 4.99. The van der Waals surface area contributed by atoms with Gasteiger partial charge in [0.25, 0.3) is 6.47 Å². The van der Waals surface area contributed by atoms with Gasteiger partial charge in [-0.25, -0.2) is 0 Å². The van der Waals surface area contributed by atoms with Crippen molar-refractivity contribution >= 4 is 40.6 Å². The average molecular weight is 488 g/mol. The number of ether oxygens (including phenoxy) is 1. The van der Waals surface area contributed by atoms with Crippen molar-refractivity contribution in [3.05, 3.63) is 62.8 Å². The fourth-order valence-corrected chi connectivity index (χ4v) is 4.22. The summed E-state index contributed by atoms with van der Waals surface area (Å²) in [7, 11) is 1.76. The number of aromatic nitrogens is 1. The van der Waals surface area contributed by atoms with Crippen molar-refractivity contribution < 1.29 is 27.8 Å². The molecule has 0 bridgehead atoms. The molecule has 1 aliphatic carbocycles. The van der Waals surface area contributed by atoms with Gasteiger partial charge in [-0.1, -0.05) is 23.2 Å². The highest BCUT2D eigenvalue weighted by molar-refractivity contribution is 6.37. The molecule has 0 unspecified atom stereocenters. The molecule has 4 nitrogen and oxygen atoms in total. The molecule has 2 aromatic carbocycles. The molecule has 4 rings (SSSR count). The van der Waals surface area contributed by atoms with E-state index in [1.165, 1.54) is 12.1 Å². The van der Waals surface area contributed by atoms with Gasteiger partial charge >= 0.3 is 6.18 Å². The van der Waals surface area contributed by atoms with E-state index in [4.69, 9.17) is 37.8 Å². The molecule has 1 aromatic heterocycles. The van der Waals surface area contributed by atoms with Crippen molar-refractivity contribution in [1.29, 1.82) is 0 Å². The Morgan fingerprint density at radius 1 is 1.22 bits per heavy atom. The molecular formula is C23H22Cl2F3NO3. The summed E-state index contributed by atoms with van der Waals surface area (Å²) >= 11 is 13.0.